The van der Waals surface area contributed by atoms with Gasteiger partial charge in [-0.1, -0.05) is 12.2 Å². The molecule has 7 nitrogen and oxygen atoms in total. The molecule has 8 heteroatoms. The lowest BCUT2D eigenvalue weighted by molar-refractivity contribution is -0.137. The molecule has 0 aromatic rings. The fraction of sp³-hybridized carbons (Fsp3) is 0.727. The van der Waals surface area contributed by atoms with Gasteiger partial charge in [-0.05, 0) is 0 Å². The van der Waals surface area contributed by atoms with Gasteiger partial charge in [-0.25, -0.2) is 0 Å². The van der Waals surface area contributed by atoms with Gasteiger partial charge < -0.3 is 21.1 Å². The number of carbonyl (C=O) groups is 2. The maximum Gasteiger partial charge on any atom is 0.237 e. The number of morpholine rings is 1. The molecule has 1 aliphatic rings. The van der Waals surface area contributed by atoms with Crippen LogP contribution in [-0.2, 0) is 14.3 Å². The highest BCUT2D eigenvalue weighted by Crippen LogP contribution is 2.07. The molecule has 0 bridgehead atoms. The Bertz CT molecular complexity index is 364. The Morgan fingerprint density at radius 1 is 1.47 bits per heavy atom. The number of primary amides is 1. The van der Waals surface area contributed by atoms with E-state index in [4.69, 9.17) is 28.4 Å². The molecular formula is C11H20N4O3S. The molecule has 19 heavy (non-hydrogen) atoms. The lowest BCUT2D eigenvalue weighted by atomic mass is 10.2. The fourth-order valence-electron chi connectivity index (χ4n) is 1.79. The molecule has 4 N–H and O–H groups in total. The number of carbonyl (C=O) groups excluding carboxylic acids is 2. The highest BCUT2D eigenvalue weighted by molar-refractivity contribution is 7.80. The number of rotatable bonds is 6. The van der Waals surface area contributed by atoms with E-state index in [1.54, 1.807) is 16.8 Å². The van der Waals surface area contributed by atoms with E-state index in [2.05, 4.69) is 0 Å². The van der Waals surface area contributed by atoms with Gasteiger partial charge in [-0.2, -0.15) is 0 Å². The van der Waals surface area contributed by atoms with Crippen molar-refractivity contribution in [3.8, 4) is 0 Å². The van der Waals surface area contributed by atoms with Crippen LogP contribution >= 0.6 is 12.2 Å². The van der Waals surface area contributed by atoms with E-state index < -0.39 is 11.9 Å². The van der Waals surface area contributed by atoms with Gasteiger partial charge in [0.2, 0.25) is 11.8 Å². The summed E-state index contributed by atoms with van der Waals surface area (Å²) < 4.78 is 5.19. The second-order valence-corrected chi connectivity index (χ2v) is 5.02. The summed E-state index contributed by atoms with van der Waals surface area (Å²) in [5.74, 6) is -0.567. The molecule has 0 saturated carbocycles. The van der Waals surface area contributed by atoms with Crippen molar-refractivity contribution in [2.75, 3.05) is 39.9 Å². The highest BCUT2D eigenvalue weighted by atomic mass is 32.1. The van der Waals surface area contributed by atoms with Crippen molar-refractivity contribution in [2.24, 2.45) is 11.5 Å². The molecular weight excluding hydrogens is 268 g/mol. The minimum atomic E-state index is -0.540. The van der Waals surface area contributed by atoms with E-state index in [1.807, 2.05) is 0 Å². The predicted molar refractivity (Wildman–Crippen MR) is 74.4 cm³/mol. The molecule has 2 amide bonds. The summed E-state index contributed by atoms with van der Waals surface area (Å²) in [6.45, 7) is 1.86. The first-order valence-electron chi connectivity index (χ1n) is 6.05. The van der Waals surface area contributed by atoms with E-state index in [1.165, 1.54) is 0 Å². The molecule has 1 saturated heterocycles. The van der Waals surface area contributed by atoms with Crippen LogP contribution in [0.25, 0.3) is 0 Å². The van der Waals surface area contributed by atoms with Crippen LogP contribution < -0.4 is 11.5 Å². The number of ether oxygens (including phenoxy) is 1. The molecule has 1 rings (SSSR count). The van der Waals surface area contributed by atoms with Crippen molar-refractivity contribution in [3.05, 3.63) is 0 Å². The molecule has 0 radical (unpaired) electrons. The topological polar surface area (TPSA) is 102 Å². The highest BCUT2D eigenvalue weighted by Gasteiger charge is 2.29. The summed E-state index contributed by atoms with van der Waals surface area (Å²) >= 11 is 4.77. The van der Waals surface area contributed by atoms with Crippen molar-refractivity contribution in [2.45, 2.75) is 12.5 Å². The fourth-order valence-corrected chi connectivity index (χ4v) is 1.88. The van der Waals surface area contributed by atoms with E-state index in [0.717, 1.165) is 0 Å². The second-order valence-electron chi connectivity index (χ2n) is 4.50. The Morgan fingerprint density at radius 2 is 2.16 bits per heavy atom. The molecule has 1 unspecified atom stereocenters. The zero-order valence-electron chi connectivity index (χ0n) is 11.0. The Hall–Kier alpha value is -1.25. The zero-order chi connectivity index (χ0) is 14.4. The van der Waals surface area contributed by atoms with Crippen molar-refractivity contribution in [3.63, 3.8) is 0 Å². The Labute approximate surface area is 117 Å². The quantitative estimate of drug-likeness (QED) is 0.565. The van der Waals surface area contributed by atoms with Gasteiger partial charge in [0, 0.05) is 26.6 Å². The van der Waals surface area contributed by atoms with Crippen LogP contribution in [0.15, 0.2) is 0 Å². The Balaban J connectivity index is 2.49. The summed E-state index contributed by atoms with van der Waals surface area (Å²) in [4.78, 5) is 26.9. The molecule has 0 spiro atoms. The first-order chi connectivity index (χ1) is 8.91. The number of hydrogen-bond acceptors (Lipinski definition) is 5. The number of likely N-dealkylation sites (N-methyl/N-ethyl adjacent to an activating group) is 1. The van der Waals surface area contributed by atoms with E-state index in [9.17, 15) is 9.59 Å². The van der Waals surface area contributed by atoms with Crippen molar-refractivity contribution in [1.29, 1.82) is 0 Å². The molecule has 0 aromatic carbocycles. The summed E-state index contributed by atoms with van der Waals surface area (Å²) in [5, 5.41) is 0. The molecule has 1 aliphatic heterocycles. The first kappa shape index (κ1) is 15.8. The van der Waals surface area contributed by atoms with Gasteiger partial charge in [0.15, 0.2) is 0 Å². The summed E-state index contributed by atoms with van der Waals surface area (Å²) in [7, 11) is 1.68. The van der Waals surface area contributed by atoms with Crippen molar-refractivity contribution < 1.29 is 14.3 Å². The van der Waals surface area contributed by atoms with Gasteiger partial charge in [0.05, 0.1) is 24.7 Å². The average molecular weight is 288 g/mol. The van der Waals surface area contributed by atoms with Crippen LogP contribution in [0.1, 0.15) is 6.42 Å². The van der Waals surface area contributed by atoms with Crippen LogP contribution in [-0.4, -0.2) is 72.5 Å². The molecule has 1 heterocycles. The largest absolute Gasteiger partial charge is 0.393 e. The third-order valence-corrected chi connectivity index (χ3v) is 3.23. The number of nitrogens with two attached hydrogens (primary N) is 2. The maximum absolute atomic E-state index is 12.0. The van der Waals surface area contributed by atoms with Crippen LogP contribution in [0.2, 0.25) is 0 Å². The van der Waals surface area contributed by atoms with Crippen molar-refractivity contribution in [1.82, 2.24) is 9.80 Å². The minimum Gasteiger partial charge on any atom is -0.393 e. The monoisotopic (exact) mass is 288 g/mol. The minimum absolute atomic E-state index is 0.0931. The summed E-state index contributed by atoms with van der Waals surface area (Å²) in [5.41, 5.74) is 10.7. The van der Waals surface area contributed by atoms with Crippen LogP contribution in [0, 0.1) is 0 Å². The van der Waals surface area contributed by atoms with Gasteiger partial charge in [-0.15, -0.1) is 0 Å². The van der Waals surface area contributed by atoms with E-state index >= 15 is 0 Å². The van der Waals surface area contributed by atoms with E-state index in [-0.39, 0.29) is 19.1 Å². The molecule has 0 aromatic heterocycles. The van der Waals surface area contributed by atoms with Crippen LogP contribution in [0.3, 0.4) is 0 Å². The lowest BCUT2D eigenvalue weighted by Gasteiger charge is -2.33. The van der Waals surface area contributed by atoms with Gasteiger partial charge in [-0.3, -0.25) is 14.5 Å². The first-order valence-corrected chi connectivity index (χ1v) is 6.46. The SMILES string of the molecule is CN(CCC(N)=S)C(=O)CN1CCOCC1C(N)=O. The molecule has 108 valence electrons. The molecule has 0 aliphatic carbocycles. The van der Waals surface area contributed by atoms with Gasteiger partial charge in [0.1, 0.15) is 6.04 Å². The zero-order valence-corrected chi connectivity index (χ0v) is 11.8. The lowest BCUT2D eigenvalue weighted by Crippen LogP contribution is -2.55. The third kappa shape index (κ3) is 5.09. The smallest absolute Gasteiger partial charge is 0.237 e. The summed E-state index contributed by atoms with van der Waals surface area (Å²) in [6.07, 6.45) is 0.486. The standard InChI is InChI=1S/C11H20N4O3S/c1-14(3-2-9(12)19)10(16)6-15-4-5-18-7-8(15)11(13)17/h8H,2-7H2,1H3,(H2,12,19)(H2,13,17). The van der Waals surface area contributed by atoms with Crippen LogP contribution in [0.5, 0.6) is 0 Å². The Morgan fingerprint density at radius 3 is 2.74 bits per heavy atom. The Kier molecular flexibility index (Phi) is 6.13. The normalized spacial score (nSPS) is 19.9. The van der Waals surface area contributed by atoms with Crippen molar-refractivity contribution >= 4 is 29.0 Å². The second kappa shape index (κ2) is 7.37. The summed E-state index contributed by atoms with van der Waals surface area (Å²) in [6, 6.07) is -0.540. The average Bonchev–Trinajstić information content (AvgIpc) is 2.36. The van der Waals surface area contributed by atoms with Gasteiger partial charge in [0.25, 0.3) is 0 Å². The van der Waals surface area contributed by atoms with Gasteiger partial charge >= 0.3 is 0 Å². The maximum atomic E-state index is 12.0. The third-order valence-electron chi connectivity index (χ3n) is 3.03. The number of thiocarbonyl (C=S) groups is 1. The predicted octanol–water partition coefficient (Wildman–Crippen LogP) is -1.69. The van der Waals surface area contributed by atoms with Crippen LogP contribution in [0.4, 0.5) is 0 Å². The number of nitrogens with zero attached hydrogens (tertiary/aromatic N) is 2. The molecule has 1 fully saturated rings. The molecule has 1 atom stereocenters. The number of hydrogen-bond donors (Lipinski definition) is 2. The van der Waals surface area contributed by atoms with E-state index in [0.29, 0.717) is 31.1 Å². The number of amides is 2.